The summed E-state index contributed by atoms with van der Waals surface area (Å²) in [4.78, 5) is 29.2. The molecule has 7 nitrogen and oxygen atoms in total. The number of methoxy groups -OCH3 is 1. The van der Waals surface area contributed by atoms with Gasteiger partial charge >= 0.3 is 11.9 Å². The maximum atomic E-state index is 11.2. The van der Waals surface area contributed by atoms with Crippen molar-refractivity contribution in [3.05, 3.63) is 17.5 Å². The minimum Gasteiger partial charge on any atom is -0.480 e. The molecule has 1 aromatic heterocycles. The van der Waals surface area contributed by atoms with Gasteiger partial charge in [-0.25, -0.2) is 14.8 Å². The average molecular weight is 225 g/mol. The number of hydrogen-bond acceptors (Lipinski definition) is 6. The van der Waals surface area contributed by atoms with E-state index in [0.29, 0.717) is 5.69 Å². The van der Waals surface area contributed by atoms with E-state index in [4.69, 9.17) is 5.11 Å². The standard InChI is InChI=1S/C9H11N3O4/c1-5-6(8(15)16-2)3-10-9(12-5)11-4-7(13)14/h3H,4H2,1-2H3,(H,13,14)(H,10,11,12). The van der Waals surface area contributed by atoms with E-state index in [-0.39, 0.29) is 18.1 Å². The highest BCUT2D eigenvalue weighted by molar-refractivity contribution is 5.90. The van der Waals surface area contributed by atoms with Crippen LogP contribution >= 0.6 is 0 Å². The van der Waals surface area contributed by atoms with Crippen molar-refractivity contribution < 1.29 is 19.4 Å². The van der Waals surface area contributed by atoms with Crippen LogP contribution in [0, 0.1) is 6.92 Å². The van der Waals surface area contributed by atoms with Crippen LogP contribution in [0.1, 0.15) is 16.1 Å². The summed E-state index contributed by atoms with van der Waals surface area (Å²) in [6, 6.07) is 0. The first-order valence-corrected chi connectivity index (χ1v) is 4.42. The molecule has 0 aromatic carbocycles. The Kier molecular flexibility index (Phi) is 3.76. The molecule has 0 radical (unpaired) electrons. The fourth-order valence-electron chi connectivity index (χ4n) is 1.02. The summed E-state index contributed by atoms with van der Waals surface area (Å²) in [5, 5.41) is 10.9. The van der Waals surface area contributed by atoms with Crippen LogP contribution in [-0.2, 0) is 9.53 Å². The van der Waals surface area contributed by atoms with Crippen molar-refractivity contribution in [2.45, 2.75) is 6.92 Å². The maximum absolute atomic E-state index is 11.2. The fraction of sp³-hybridized carbons (Fsp3) is 0.333. The Labute approximate surface area is 91.5 Å². The Morgan fingerprint density at radius 1 is 1.56 bits per heavy atom. The third-order valence-corrected chi connectivity index (χ3v) is 1.78. The highest BCUT2D eigenvalue weighted by Gasteiger charge is 2.11. The largest absolute Gasteiger partial charge is 0.480 e. The van der Waals surface area contributed by atoms with Crippen LogP contribution in [0.4, 0.5) is 5.95 Å². The molecule has 1 heterocycles. The number of aliphatic carboxylic acids is 1. The highest BCUT2D eigenvalue weighted by Crippen LogP contribution is 2.07. The molecule has 1 aromatic rings. The fourth-order valence-corrected chi connectivity index (χ4v) is 1.02. The summed E-state index contributed by atoms with van der Waals surface area (Å²) in [6.07, 6.45) is 1.29. The Balaban J connectivity index is 2.82. The number of carbonyl (C=O) groups excluding carboxylic acids is 1. The summed E-state index contributed by atoms with van der Waals surface area (Å²) in [6.45, 7) is 1.33. The first kappa shape index (κ1) is 11.9. The Morgan fingerprint density at radius 2 is 2.25 bits per heavy atom. The van der Waals surface area contributed by atoms with E-state index in [1.54, 1.807) is 6.92 Å². The molecule has 7 heteroatoms. The summed E-state index contributed by atoms with van der Waals surface area (Å²) in [5.41, 5.74) is 0.679. The molecule has 16 heavy (non-hydrogen) atoms. The predicted molar refractivity (Wildman–Crippen MR) is 54.2 cm³/mol. The van der Waals surface area contributed by atoms with E-state index < -0.39 is 11.9 Å². The molecule has 0 aliphatic rings. The molecule has 0 amide bonds. The van der Waals surface area contributed by atoms with Crippen molar-refractivity contribution in [3.8, 4) is 0 Å². The van der Waals surface area contributed by atoms with Crippen LogP contribution in [0.3, 0.4) is 0 Å². The second kappa shape index (κ2) is 5.06. The van der Waals surface area contributed by atoms with Crippen molar-refractivity contribution in [3.63, 3.8) is 0 Å². The number of nitrogens with zero attached hydrogens (tertiary/aromatic N) is 2. The lowest BCUT2D eigenvalue weighted by molar-refractivity contribution is -0.134. The number of aromatic nitrogens is 2. The molecule has 86 valence electrons. The van der Waals surface area contributed by atoms with Gasteiger partial charge in [-0.2, -0.15) is 0 Å². The topological polar surface area (TPSA) is 101 Å². The van der Waals surface area contributed by atoms with Gasteiger partial charge in [0.05, 0.1) is 18.4 Å². The van der Waals surface area contributed by atoms with Crippen molar-refractivity contribution in [1.29, 1.82) is 0 Å². The first-order chi connectivity index (χ1) is 7.54. The normalized spacial score (nSPS) is 9.62. The summed E-state index contributed by atoms with van der Waals surface area (Å²) in [5.74, 6) is -1.38. The van der Waals surface area contributed by atoms with E-state index in [1.165, 1.54) is 13.3 Å². The molecule has 0 bridgehead atoms. The highest BCUT2D eigenvalue weighted by atomic mass is 16.5. The number of carboxylic acids is 1. The Bertz CT molecular complexity index is 419. The SMILES string of the molecule is COC(=O)c1cnc(NCC(=O)O)nc1C. The minimum atomic E-state index is -1.02. The third kappa shape index (κ3) is 2.91. The van der Waals surface area contributed by atoms with Gasteiger partial charge in [-0.1, -0.05) is 0 Å². The number of hydrogen-bond donors (Lipinski definition) is 2. The monoisotopic (exact) mass is 225 g/mol. The summed E-state index contributed by atoms with van der Waals surface area (Å²) in [7, 11) is 1.26. The zero-order chi connectivity index (χ0) is 12.1. The predicted octanol–water partition coefficient (Wildman–Crippen LogP) is 0.0681. The molecule has 0 aliphatic carbocycles. The zero-order valence-electron chi connectivity index (χ0n) is 8.85. The van der Waals surface area contributed by atoms with Gasteiger partial charge < -0.3 is 15.2 Å². The van der Waals surface area contributed by atoms with Crippen LogP contribution in [-0.4, -0.2) is 40.7 Å². The molecule has 0 unspecified atom stereocenters. The van der Waals surface area contributed by atoms with Crippen LogP contribution in [0.15, 0.2) is 6.20 Å². The number of rotatable bonds is 4. The molecular formula is C9H11N3O4. The van der Waals surface area contributed by atoms with Gasteiger partial charge in [0.15, 0.2) is 0 Å². The smallest absolute Gasteiger partial charge is 0.341 e. The summed E-state index contributed by atoms with van der Waals surface area (Å²) < 4.78 is 4.52. The van der Waals surface area contributed by atoms with Crippen molar-refractivity contribution in [2.24, 2.45) is 0 Å². The molecule has 0 aliphatic heterocycles. The average Bonchev–Trinajstić information content (AvgIpc) is 2.25. The lowest BCUT2D eigenvalue weighted by atomic mass is 10.2. The molecule has 0 spiro atoms. The molecular weight excluding hydrogens is 214 g/mol. The van der Waals surface area contributed by atoms with Crippen LogP contribution in [0.2, 0.25) is 0 Å². The molecule has 1 rings (SSSR count). The van der Waals surface area contributed by atoms with Gasteiger partial charge in [0.2, 0.25) is 5.95 Å². The number of carbonyl (C=O) groups is 2. The van der Waals surface area contributed by atoms with Gasteiger partial charge in [-0.05, 0) is 6.92 Å². The van der Waals surface area contributed by atoms with Crippen molar-refractivity contribution >= 4 is 17.9 Å². The zero-order valence-corrected chi connectivity index (χ0v) is 8.85. The molecule has 0 fully saturated rings. The quantitative estimate of drug-likeness (QED) is 0.699. The minimum absolute atomic E-state index is 0.160. The lowest BCUT2D eigenvalue weighted by Gasteiger charge is -2.05. The van der Waals surface area contributed by atoms with E-state index in [2.05, 4.69) is 20.0 Å². The molecule has 0 saturated carbocycles. The number of ether oxygens (including phenoxy) is 1. The van der Waals surface area contributed by atoms with E-state index in [0.717, 1.165) is 0 Å². The van der Waals surface area contributed by atoms with E-state index >= 15 is 0 Å². The number of carboxylic acid groups (broad SMARTS) is 1. The summed E-state index contributed by atoms with van der Waals surface area (Å²) >= 11 is 0. The van der Waals surface area contributed by atoms with Crippen LogP contribution < -0.4 is 5.32 Å². The van der Waals surface area contributed by atoms with Crippen molar-refractivity contribution in [1.82, 2.24) is 9.97 Å². The first-order valence-electron chi connectivity index (χ1n) is 4.42. The van der Waals surface area contributed by atoms with E-state index in [1.807, 2.05) is 0 Å². The van der Waals surface area contributed by atoms with Crippen LogP contribution in [0.5, 0.6) is 0 Å². The Hall–Kier alpha value is -2.18. The lowest BCUT2D eigenvalue weighted by Crippen LogP contribution is -2.15. The molecule has 0 saturated heterocycles. The third-order valence-electron chi connectivity index (χ3n) is 1.78. The second-order valence-electron chi connectivity index (χ2n) is 2.93. The Morgan fingerprint density at radius 3 is 2.75 bits per heavy atom. The van der Waals surface area contributed by atoms with Crippen molar-refractivity contribution in [2.75, 3.05) is 19.0 Å². The van der Waals surface area contributed by atoms with E-state index in [9.17, 15) is 9.59 Å². The molecule has 0 atom stereocenters. The maximum Gasteiger partial charge on any atom is 0.341 e. The van der Waals surface area contributed by atoms with Gasteiger partial charge in [0.1, 0.15) is 6.54 Å². The molecule has 2 N–H and O–H groups in total. The number of aryl methyl sites for hydroxylation is 1. The number of anilines is 1. The van der Waals surface area contributed by atoms with Gasteiger partial charge in [-0.3, -0.25) is 4.79 Å². The van der Waals surface area contributed by atoms with Gasteiger partial charge in [0, 0.05) is 6.20 Å². The van der Waals surface area contributed by atoms with Gasteiger partial charge in [0.25, 0.3) is 0 Å². The van der Waals surface area contributed by atoms with Crippen LogP contribution in [0.25, 0.3) is 0 Å². The number of nitrogens with one attached hydrogen (secondary N) is 1. The van der Waals surface area contributed by atoms with Gasteiger partial charge in [-0.15, -0.1) is 0 Å². The second-order valence-corrected chi connectivity index (χ2v) is 2.93. The number of esters is 1.